The minimum atomic E-state index is -1.17. The maximum absolute atomic E-state index is 14.5. The van der Waals surface area contributed by atoms with Gasteiger partial charge in [0, 0.05) is 12.6 Å². The number of hydrogen-bond acceptors (Lipinski definition) is 4. The van der Waals surface area contributed by atoms with Crippen LogP contribution < -0.4 is 10.5 Å². The van der Waals surface area contributed by atoms with Gasteiger partial charge >= 0.3 is 0 Å². The molecule has 1 heterocycles. The Morgan fingerprint density at radius 3 is 2.71 bits per heavy atom. The van der Waals surface area contributed by atoms with E-state index in [1.54, 1.807) is 6.07 Å². The van der Waals surface area contributed by atoms with E-state index < -0.39 is 17.7 Å². The molecule has 1 fully saturated rings. The number of nitrogens with two attached hydrogens (primary N) is 1. The predicted octanol–water partition coefficient (Wildman–Crippen LogP) is 3.69. The molecule has 1 saturated heterocycles. The quantitative estimate of drug-likeness (QED) is 0.878. The van der Waals surface area contributed by atoms with Crippen LogP contribution in [0.15, 0.2) is 36.4 Å². The van der Waals surface area contributed by atoms with E-state index in [2.05, 4.69) is 11.0 Å². The smallest absolute Gasteiger partial charge is 0.202 e. The molecule has 2 aromatic rings. The Morgan fingerprint density at radius 1 is 1.11 bits per heavy atom. The van der Waals surface area contributed by atoms with Gasteiger partial charge in [0.15, 0.2) is 11.6 Å². The van der Waals surface area contributed by atoms with Gasteiger partial charge in [0.25, 0.3) is 0 Å². The van der Waals surface area contributed by atoms with Gasteiger partial charge in [0.1, 0.15) is 12.2 Å². The molecule has 1 aliphatic carbocycles. The van der Waals surface area contributed by atoms with Crippen molar-refractivity contribution < 1.29 is 13.5 Å². The summed E-state index contributed by atoms with van der Waals surface area (Å²) in [6.45, 7) is 1.70. The number of rotatable bonds is 3. The second kappa shape index (κ2) is 7.86. The number of benzene rings is 2. The van der Waals surface area contributed by atoms with Crippen LogP contribution >= 0.6 is 0 Å². The molecule has 0 radical (unpaired) electrons. The predicted molar refractivity (Wildman–Crippen MR) is 102 cm³/mol. The van der Waals surface area contributed by atoms with E-state index in [4.69, 9.17) is 15.7 Å². The third kappa shape index (κ3) is 3.48. The van der Waals surface area contributed by atoms with Crippen molar-refractivity contribution in [3.63, 3.8) is 0 Å². The number of aryl methyl sites for hydroxylation is 1. The summed E-state index contributed by atoms with van der Waals surface area (Å²) >= 11 is 0. The summed E-state index contributed by atoms with van der Waals surface area (Å²) in [5.74, 6) is -2.44. The number of piperidine rings is 1. The Kier molecular flexibility index (Phi) is 5.29. The fraction of sp³-hybridized carbons (Fsp3) is 0.409. The molecule has 2 aliphatic rings. The van der Waals surface area contributed by atoms with Crippen LogP contribution in [0.4, 0.5) is 8.78 Å². The molecule has 0 saturated carbocycles. The highest BCUT2D eigenvalue weighted by Gasteiger charge is 2.37. The molecule has 3 atom stereocenters. The number of fused-ring (bicyclic) bond motifs is 1. The van der Waals surface area contributed by atoms with E-state index in [0.29, 0.717) is 0 Å². The molecule has 4 rings (SSSR count). The van der Waals surface area contributed by atoms with Crippen LogP contribution in [0.25, 0.3) is 0 Å². The van der Waals surface area contributed by atoms with Crippen molar-refractivity contribution in [3.8, 4) is 11.8 Å². The topological polar surface area (TPSA) is 62.3 Å². The average Bonchev–Trinajstić information content (AvgIpc) is 2.71. The molecule has 146 valence electrons. The summed E-state index contributed by atoms with van der Waals surface area (Å²) in [7, 11) is 0. The Morgan fingerprint density at radius 2 is 1.93 bits per heavy atom. The number of halogens is 2. The maximum Gasteiger partial charge on any atom is 0.202 e. The molecule has 4 nitrogen and oxygen atoms in total. The van der Waals surface area contributed by atoms with E-state index in [1.165, 1.54) is 17.7 Å². The summed E-state index contributed by atoms with van der Waals surface area (Å²) in [6, 6.07) is 12.4. The van der Waals surface area contributed by atoms with Gasteiger partial charge < -0.3 is 10.5 Å². The lowest BCUT2D eigenvalue weighted by atomic mass is 9.84. The van der Waals surface area contributed by atoms with Crippen LogP contribution in [0.2, 0.25) is 0 Å². The highest BCUT2D eigenvalue weighted by Crippen LogP contribution is 2.38. The van der Waals surface area contributed by atoms with Crippen molar-refractivity contribution in [1.29, 1.82) is 5.26 Å². The zero-order valence-corrected chi connectivity index (χ0v) is 15.6. The Bertz CT molecular complexity index is 911. The maximum atomic E-state index is 14.5. The summed E-state index contributed by atoms with van der Waals surface area (Å²) in [4.78, 5) is 2.33. The zero-order valence-electron chi connectivity index (χ0n) is 15.6. The van der Waals surface area contributed by atoms with Crippen molar-refractivity contribution in [2.75, 3.05) is 13.1 Å². The van der Waals surface area contributed by atoms with Crippen LogP contribution in [-0.4, -0.2) is 30.1 Å². The lowest BCUT2D eigenvalue weighted by Gasteiger charge is -2.43. The normalized spacial score (nSPS) is 25.0. The van der Waals surface area contributed by atoms with Crippen LogP contribution in [0, 0.1) is 23.0 Å². The molecular formula is C22H23F2N3O. The average molecular weight is 383 g/mol. The molecule has 0 unspecified atom stereocenters. The van der Waals surface area contributed by atoms with E-state index in [0.717, 1.165) is 44.3 Å². The number of nitrogens with zero attached hydrogens (tertiary/aromatic N) is 2. The molecule has 1 aliphatic heterocycles. The lowest BCUT2D eigenvalue weighted by Crippen LogP contribution is -2.51. The largest absolute Gasteiger partial charge is 0.481 e. The minimum Gasteiger partial charge on any atom is -0.481 e. The number of likely N-dealkylation sites (tertiary alicyclic amines) is 1. The second-order valence-electron chi connectivity index (χ2n) is 7.59. The van der Waals surface area contributed by atoms with E-state index in [9.17, 15) is 8.78 Å². The van der Waals surface area contributed by atoms with Gasteiger partial charge in [-0.15, -0.1) is 0 Å². The van der Waals surface area contributed by atoms with Gasteiger partial charge in [-0.1, -0.05) is 24.3 Å². The van der Waals surface area contributed by atoms with Crippen LogP contribution in [0.5, 0.6) is 5.75 Å². The first kappa shape index (κ1) is 18.9. The van der Waals surface area contributed by atoms with Crippen LogP contribution in [0.3, 0.4) is 0 Å². The Balaban J connectivity index is 1.70. The van der Waals surface area contributed by atoms with Crippen molar-refractivity contribution in [2.24, 2.45) is 5.73 Å². The van der Waals surface area contributed by atoms with Crippen LogP contribution in [0.1, 0.15) is 42.1 Å². The van der Waals surface area contributed by atoms with Gasteiger partial charge in [-0.3, -0.25) is 4.90 Å². The molecule has 0 aromatic heterocycles. The fourth-order valence-corrected chi connectivity index (χ4v) is 4.41. The van der Waals surface area contributed by atoms with Gasteiger partial charge in [-0.25, -0.2) is 4.39 Å². The Hall–Kier alpha value is -2.49. The van der Waals surface area contributed by atoms with Gasteiger partial charge in [-0.05, 0) is 55.5 Å². The second-order valence-corrected chi connectivity index (χ2v) is 7.59. The van der Waals surface area contributed by atoms with E-state index in [1.807, 2.05) is 18.2 Å². The minimum absolute atomic E-state index is 0.0411. The Labute approximate surface area is 163 Å². The number of nitriles is 1. The first-order chi connectivity index (χ1) is 13.6. The van der Waals surface area contributed by atoms with Crippen molar-refractivity contribution in [3.05, 3.63) is 64.7 Å². The number of hydrogen-bond donors (Lipinski definition) is 1. The highest BCUT2D eigenvalue weighted by atomic mass is 19.2. The molecule has 0 bridgehead atoms. The van der Waals surface area contributed by atoms with Gasteiger partial charge in [0.05, 0.1) is 11.6 Å². The first-order valence-electron chi connectivity index (χ1n) is 9.70. The molecule has 28 heavy (non-hydrogen) atoms. The van der Waals surface area contributed by atoms with Crippen molar-refractivity contribution in [2.45, 2.75) is 43.9 Å². The van der Waals surface area contributed by atoms with E-state index in [-0.39, 0.29) is 23.4 Å². The molecular weight excluding hydrogens is 360 g/mol. The standard InChI is InChI=1S/C22H23F2N3O/c23-20-15(12-25)8-10-19(21(20)24)28-22-17-6-2-1-4-14(17)7-9-18(22)27-11-3-5-16(26)13-27/h1-2,4,6,8,10,16,18,22H,3,5,7,9,11,13,26H2/t16-,18+,22+/m1/s1. The molecule has 0 spiro atoms. The van der Waals surface area contributed by atoms with E-state index >= 15 is 0 Å². The summed E-state index contributed by atoms with van der Waals surface area (Å²) < 4.78 is 34.7. The number of ether oxygens (including phenoxy) is 1. The highest BCUT2D eigenvalue weighted by molar-refractivity contribution is 5.39. The molecule has 2 aromatic carbocycles. The lowest BCUT2D eigenvalue weighted by molar-refractivity contribution is 0.0343. The van der Waals surface area contributed by atoms with Crippen molar-refractivity contribution >= 4 is 0 Å². The zero-order chi connectivity index (χ0) is 19.7. The monoisotopic (exact) mass is 383 g/mol. The fourth-order valence-electron chi connectivity index (χ4n) is 4.41. The molecule has 0 amide bonds. The molecule has 2 N–H and O–H groups in total. The summed E-state index contributed by atoms with van der Waals surface area (Å²) in [6.07, 6.45) is 3.38. The van der Waals surface area contributed by atoms with Crippen LogP contribution in [-0.2, 0) is 6.42 Å². The third-order valence-electron chi connectivity index (χ3n) is 5.80. The SMILES string of the molecule is N#Cc1ccc(O[C@H]2c3ccccc3CC[C@@H]2N2CCC[C@@H](N)C2)c(F)c1F. The summed E-state index contributed by atoms with van der Waals surface area (Å²) in [5.41, 5.74) is 8.02. The third-order valence-corrected chi connectivity index (χ3v) is 5.80. The van der Waals surface area contributed by atoms with Crippen molar-refractivity contribution in [1.82, 2.24) is 4.90 Å². The molecule has 6 heteroatoms. The first-order valence-corrected chi connectivity index (χ1v) is 9.70. The van der Waals surface area contributed by atoms with Gasteiger partial charge in [0.2, 0.25) is 5.82 Å². The summed E-state index contributed by atoms with van der Waals surface area (Å²) in [5, 5.41) is 8.91. The van der Waals surface area contributed by atoms with Gasteiger partial charge in [-0.2, -0.15) is 9.65 Å².